The van der Waals surface area contributed by atoms with Gasteiger partial charge in [-0.25, -0.2) is 8.42 Å². The molecule has 0 unspecified atom stereocenters. The minimum absolute atomic E-state index is 0.0328. The Morgan fingerprint density at radius 3 is 2.72 bits per heavy atom. The van der Waals surface area contributed by atoms with E-state index in [1.165, 1.54) is 6.07 Å². The van der Waals surface area contributed by atoms with Gasteiger partial charge in [0.2, 0.25) is 0 Å². The van der Waals surface area contributed by atoms with Crippen LogP contribution in [0.3, 0.4) is 0 Å². The number of fused-ring (bicyclic) bond motifs is 1. The van der Waals surface area contributed by atoms with Gasteiger partial charge < -0.3 is 9.38 Å². The van der Waals surface area contributed by atoms with Gasteiger partial charge in [0.05, 0.1) is 11.5 Å². The number of rotatable bonds is 1. The van der Waals surface area contributed by atoms with E-state index in [9.17, 15) is 13.2 Å². The van der Waals surface area contributed by atoms with E-state index in [-0.39, 0.29) is 22.9 Å². The van der Waals surface area contributed by atoms with Gasteiger partial charge in [-0.15, -0.1) is 0 Å². The van der Waals surface area contributed by atoms with Crippen molar-refractivity contribution in [1.29, 1.82) is 0 Å². The van der Waals surface area contributed by atoms with Crippen molar-refractivity contribution in [3.8, 4) is 0 Å². The van der Waals surface area contributed by atoms with Crippen molar-refractivity contribution >= 4 is 15.5 Å². The highest BCUT2D eigenvalue weighted by molar-refractivity contribution is 7.91. The number of hydrogen-bond donors (Lipinski definition) is 1. The summed E-state index contributed by atoms with van der Waals surface area (Å²) in [5.74, 6) is 0.748. The molecule has 5 nitrogen and oxygen atoms in total. The molecule has 0 amide bonds. The molecule has 1 saturated heterocycles. The van der Waals surface area contributed by atoms with Crippen LogP contribution in [-0.2, 0) is 9.84 Å². The summed E-state index contributed by atoms with van der Waals surface area (Å²) in [7, 11) is -2.83. The Kier molecular flexibility index (Phi) is 2.55. The molecular formula is C12H14N2O3S. The first-order chi connectivity index (χ1) is 8.53. The van der Waals surface area contributed by atoms with Gasteiger partial charge in [0.25, 0.3) is 0 Å². The highest BCUT2D eigenvalue weighted by Gasteiger charge is 2.25. The predicted molar refractivity (Wildman–Crippen MR) is 68.6 cm³/mol. The summed E-state index contributed by atoms with van der Waals surface area (Å²) < 4.78 is 24.6. The van der Waals surface area contributed by atoms with Gasteiger partial charge in [-0.3, -0.25) is 4.79 Å². The average Bonchev–Trinajstić information content (AvgIpc) is 2.71. The summed E-state index contributed by atoms with van der Waals surface area (Å²) in [6.07, 6.45) is 4.97. The van der Waals surface area contributed by atoms with Crippen molar-refractivity contribution in [3.63, 3.8) is 0 Å². The van der Waals surface area contributed by atoms with Crippen LogP contribution in [0, 0.1) is 0 Å². The summed E-state index contributed by atoms with van der Waals surface area (Å²) in [5, 5.41) is 0. The number of sulfone groups is 1. The molecule has 1 N–H and O–H groups in total. The first-order valence-corrected chi connectivity index (χ1v) is 7.77. The number of nitrogens with one attached hydrogen (secondary N) is 1. The highest BCUT2D eigenvalue weighted by atomic mass is 32.2. The molecule has 1 aliphatic rings. The molecule has 3 rings (SSSR count). The van der Waals surface area contributed by atoms with Crippen LogP contribution in [0.1, 0.15) is 24.5 Å². The molecule has 1 fully saturated rings. The minimum atomic E-state index is -2.83. The minimum Gasteiger partial charge on any atom is -0.343 e. The largest absolute Gasteiger partial charge is 0.343 e. The molecule has 0 radical (unpaired) electrons. The highest BCUT2D eigenvalue weighted by Crippen LogP contribution is 2.28. The molecule has 0 aliphatic carbocycles. The maximum absolute atomic E-state index is 11.4. The van der Waals surface area contributed by atoms with E-state index in [0.29, 0.717) is 12.8 Å². The second kappa shape index (κ2) is 3.98. The van der Waals surface area contributed by atoms with Crippen LogP contribution in [0.5, 0.6) is 0 Å². The monoisotopic (exact) mass is 266 g/mol. The number of pyridine rings is 1. The zero-order valence-electron chi connectivity index (χ0n) is 9.80. The van der Waals surface area contributed by atoms with E-state index in [2.05, 4.69) is 4.98 Å². The topological polar surface area (TPSA) is 71.4 Å². The third kappa shape index (κ3) is 2.08. The Balaban J connectivity index is 1.93. The van der Waals surface area contributed by atoms with E-state index in [1.54, 1.807) is 12.3 Å². The third-order valence-corrected chi connectivity index (χ3v) is 5.22. The third-order valence-electron chi connectivity index (χ3n) is 3.50. The normalized spacial score (nSPS) is 20.2. The van der Waals surface area contributed by atoms with Crippen molar-refractivity contribution in [2.75, 3.05) is 11.5 Å². The molecule has 2 aromatic rings. The zero-order valence-corrected chi connectivity index (χ0v) is 10.6. The molecule has 6 heteroatoms. The van der Waals surface area contributed by atoms with Gasteiger partial charge in [0, 0.05) is 36.1 Å². The number of nitrogens with zero attached hydrogens (tertiary/aromatic N) is 1. The Morgan fingerprint density at radius 1 is 1.28 bits per heavy atom. The number of aromatic nitrogens is 2. The van der Waals surface area contributed by atoms with Gasteiger partial charge >= 0.3 is 0 Å². The number of H-pyrrole nitrogens is 1. The fraction of sp³-hybridized carbons (Fsp3) is 0.417. The van der Waals surface area contributed by atoms with E-state index in [4.69, 9.17) is 0 Å². The Labute approximate surface area is 104 Å². The van der Waals surface area contributed by atoms with Gasteiger partial charge in [-0.05, 0) is 12.8 Å². The summed E-state index contributed by atoms with van der Waals surface area (Å²) in [4.78, 5) is 14.4. The van der Waals surface area contributed by atoms with Crippen LogP contribution in [0.2, 0.25) is 0 Å². The molecule has 0 bridgehead atoms. The summed E-state index contributed by atoms with van der Waals surface area (Å²) in [5.41, 5.74) is 1.73. The van der Waals surface area contributed by atoms with Crippen molar-refractivity contribution in [1.82, 2.24) is 9.38 Å². The maximum atomic E-state index is 11.4. The zero-order chi connectivity index (χ0) is 12.8. The lowest BCUT2D eigenvalue weighted by molar-refractivity contribution is 0.546. The first-order valence-electron chi connectivity index (χ1n) is 5.95. The molecule has 0 spiro atoms. The smallest absolute Gasteiger partial charge is 0.183 e. The molecule has 3 heterocycles. The second-order valence-corrected chi connectivity index (χ2v) is 7.09. The lowest BCUT2D eigenvalue weighted by Crippen LogP contribution is -2.22. The van der Waals surface area contributed by atoms with Crippen molar-refractivity contribution in [3.05, 3.63) is 40.4 Å². The number of hydrogen-bond acceptors (Lipinski definition) is 3. The Morgan fingerprint density at radius 2 is 2.00 bits per heavy atom. The van der Waals surface area contributed by atoms with E-state index < -0.39 is 9.84 Å². The lowest BCUT2D eigenvalue weighted by Gasteiger charge is -2.20. The molecule has 0 aromatic carbocycles. The average molecular weight is 266 g/mol. The van der Waals surface area contributed by atoms with Crippen LogP contribution in [0.4, 0.5) is 0 Å². The predicted octanol–water partition coefficient (Wildman–Crippen LogP) is 0.920. The molecule has 0 saturated carbocycles. The maximum Gasteiger partial charge on any atom is 0.183 e. The molecule has 1 aliphatic heterocycles. The summed E-state index contributed by atoms with van der Waals surface area (Å²) >= 11 is 0. The van der Waals surface area contributed by atoms with Crippen molar-refractivity contribution < 1.29 is 8.42 Å². The fourth-order valence-electron chi connectivity index (χ4n) is 2.44. The lowest BCUT2D eigenvalue weighted by atomic mass is 10.00. The van der Waals surface area contributed by atoms with Crippen molar-refractivity contribution in [2.45, 2.75) is 18.8 Å². The van der Waals surface area contributed by atoms with Gasteiger partial charge in [0.15, 0.2) is 5.43 Å². The summed E-state index contributed by atoms with van der Waals surface area (Å²) in [6.45, 7) is 0. The second-order valence-electron chi connectivity index (χ2n) is 4.79. The van der Waals surface area contributed by atoms with Crippen LogP contribution in [0.25, 0.3) is 5.65 Å². The van der Waals surface area contributed by atoms with E-state index in [1.807, 2.05) is 10.6 Å². The quantitative estimate of drug-likeness (QED) is 0.834. The van der Waals surface area contributed by atoms with E-state index >= 15 is 0 Å². The molecule has 96 valence electrons. The van der Waals surface area contributed by atoms with Crippen LogP contribution in [0.15, 0.2) is 29.3 Å². The number of imidazole rings is 1. The fourth-order valence-corrected chi connectivity index (χ4v) is 3.93. The SMILES string of the molecule is O=c1ccn2cc(C3CCS(=O)(=O)CC3)[nH]c2c1. The van der Waals surface area contributed by atoms with E-state index in [0.717, 1.165) is 11.3 Å². The van der Waals surface area contributed by atoms with Crippen LogP contribution < -0.4 is 5.43 Å². The first kappa shape index (κ1) is 11.5. The van der Waals surface area contributed by atoms with Gasteiger partial charge in [-0.1, -0.05) is 0 Å². The standard InChI is InChI=1S/C12H14N2O3S/c15-10-1-4-14-8-11(13-12(14)7-10)9-2-5-18(16,17)6-3-9/h1,4,7-9,13H,2-3,5-6H2. The Bertz CT molecular complexity index is 728. The molecule has 0 atom stereocenters. The molecule has 2 aromatic heterocycles. The van der Waals surface area contributed by atoms with Crippen LogP contribution in [-0.4, -0.2) is 29.3 Å². The molecule has 18 heavy (non-hydrogen) atoms. The van der Waals surface area contributed by atoms with Crippen LogP contribution >= 0.6 is 0 Å². The summed E-state index contributed by atoms with van der Waals surface area (Å²) in [6, 6.07) is 3.05. The number of aromatic amines is 1. The Hall–Kier alpha value is -1.56. The van der Waals surface area contributed by atoms with Gasteiger partial charge in [0.1, 0.15) is 15.5 Å². The van der Waals surface area contributed by atoms with Gasteiger partial charge in [-0.2, -0.15) is 0 Å². The molecular weight excluding hydrogens is 252 g/mol. The van der Waals surface area contributed by atoms with Crippen molar-refractivity contribution in [2.24, 2.45) is 0 Å².